The fourth-order valence-electron chi connectivity index (χ4n) is 2.15. The summed E-state index contributed by atoms with van der Waals surface area (Å²) in [5.74, 6) is 0.493. The lowest BCUT2D eigenvalue weighted by molar-refractivity contribution is 0.102. The van der Waals surface area contributed by atoms with Crippen LogP contribution in [0.4, 0.5) is 10.9 Å². The molecule has 0 aliphatic rings. The number of carbonyl (C=O) groups excluding carboxylic acids is 1. The third-order valence-corrected chi connectivity index (χ3v) is 5.31. The first kappa shape index (κ1) is 18.4. The summed E-state index contributed by atoms with van der Waals surface area (Å²) in [6, 6.07) is 3.54. The smallest absolute Gasteiger partial charge is 0.259 e. The first-order chi connectivity index (χ1) is 12.6. The topological polar surface area (TPSA) is 93.1 Å². The van der Waals surface area contributed by atoms with Gasteiger partial charge in [0.2, 0.25) is 5.13 Å². The molecule has 3 rings (SSSR count). The molecule has 136 valence electrons. The maximum atomic E-state index is 12.1. The number of aromatic nitrogens is 4. The van der Waals surface area contributed by atoms with E-state index in [2.05, 4.69) is 25.5 Å². The number of hydrogen-bond donors (Lipinski definition) is 1. The van der Waals surface area contributed by atoms with E-state index in [9.17, 15) is 4.79 Å². The second-order valence-corrected chi connectivity index (χ2v) is 7.24. The Morgan fingerprint density at radius 1 is 1.38 bits per heavy atom. The highest BCUT2D eigenvalue weighted by Crippen LogP contribution is 2.22. The summed E-state index contributed by atoms with van der Waals surface area (Å²) in [5.41, 5.74) is 2.97. The van der Waals surface area contributed by atoms with E-state index in [0.717, 1.165) is 16.5 Å². The van der Waals surface area contributed by atoms with Crippen molar-refractivity contribution in [2.24, 2.45) is 0 Å². The maximum Gasteiger partial charge on any atom is 0.259 e. The van der Waals surface area contributed by atoms with E-state index >= 15 is 0 Å². The Hall–Kier alpha value is -2.43. The highest BCUT2D eigenvalue weighted by atomic mass is 32.1. The Morgan fingerprint density at radius 3 is 2.88 bits per heavy atom. The van der Waals surface area contributed by atoms with Crippen LogP contribution in [0.1, 0.15) is 34.1 Å². The summed E-state index contributed by atoms with van der Waals surface area (Å²) in [4.78, 5) is 23.1. The SMILES string of the molecule is COC(C)c1nc(CN(C)c2ccc(C(=O)Nc3nncs3)cn2)cs1. The van der Waals surface area contributed by atoms with Gasteiger partial charge < -0.3 is 9.64 Å². The minimum atomic E-state index is -0.263. The van der Waals surface area contributed by atoms with E-state index in [1.54, 1.807) is 42.3 Å². The fourth-order valence-corrected chi connectivity index (χ4v) is 3.43. The van der Waals surface area contributed by atoms with Gasteiger partial charge in [-0.15, -0.1) is 21.5 Å². The molecule has 0 fully saturated rings. The van der Waals surface area contributed by atoms with Crippen molar-refractivity contribution in [3.63, 3.8) is 0 Å². The Balaban J connectivity index is 1.62. The van der Waals surface area contributed by atoms with Gasteiger partial charge in [0, 0.05) is 25.7 Å². The lowest BCUT2D eigenvalue weighted by Gasteiger charge is -2.17. The number of pyridine rings is 1. The molecule has 1 atom stereocenters. The van der Waals surface area contributed by atoms with Crippen LogP contribution in [0.2, 0.25) is 0 Å². The Bertz CT molecular complexity index is 850. The first-order valence-corrected chi connectivity index (χ1v) is 9.54. The molecule has 0 aliphatic carbocycles. The van der Waals surface area contributed by atoms with Gasteiger partial charge in [0.05, 0.1) is 17.8 Å². The van der Waals surface area contributed by atoms with Crippen LogP contribution in [-0.4, -0.2) is 40.2 Å². The van der Waals surface area contributed by atoms with Crippen LogP contribution in [0.25, 0.3) is 0 Å². The highest BCUT2D eigenvalue weighted by Gasteiger charge is 2.13. The van der Waals surface area contributed by atoms with Gasteiger partial charge in [-0.3, -0.25) is 10.1 Å². The van der Waals surface area contributed by atoms with E-state index in [0.29, 0.717) is 17.2 Å². The van der Waals surface area contributed by atoms with Gasteiger partial charge in [0.1, 0.15) is 22.4 Å². The normalized spacial score (nSPS) is 12.0. The van der Waals surface area contributed by atoms with Crippen molar-refractivity contribution in [1.29, 1.82) is 0 Å². The molecule has 3 aromatic heterocycles. The van der Waals surface area contributed by atoms with E-state index in [1.165, 1.54) is 11.3 Å². The van der Waals surface area contributed by atoms with E-state index in [-0.39, 0.29) is 12.0 Å². The van der Waals surface area contributed by atoms with Crippen molar-refractivity contribution in [1.82, 2.24) is 20.2 Å². The number of hydrogen-bond acceptors (Lipinski definition) is 9. The molecule has 8 nitrogen and oxygen atoms in total. The summed E-state index contributed by atoms with van der Waals surface area (Å²) in [7, 11) is 3.60. The molecule has 1 N–H and O–H groups in total. The van der Waals surface area contributed by atoms with Crippen molar-refractivity contribution in [3.8, 4) is 0 Å². The number of amides is 1. The van der Waals surface area contributed by atoms with Gasteiger partial charge in [-0.2, -0.15) is 0 Å². The van der Waals surface area contributed by atoms with Crippen molar-refractivity contribution >= 4 is 39.5 Å². The molecule has 0 saturated carbocycles. The van der Waals surface area contributed by atoms with E-state index in [4.69, 9.17) is 4.74 Å². The molecular formula is C16H18N6O2S2. The van der Waals surface area contributed by atoms with Gasteiger partial charge >= 0.3 is 0 Å². The summed E-state index contributed by atoms with van der Waals surface area (Å²) < 4.78 is 5.29. The lowest BCUT2D eigenvalue weighted by Crippen LogP contribution is -2.19. The molecule has 0 saturated heterocycles. The third kappa shape index (κ3) is 4.40. The van der Waals surface area contributed by atoms with Crippen molar-refractivity contribution in [3.05, 3.63) is 45.5 Å². The minimum Gasteiger partial charge on any atom is -0.375 e. The van der Waals surface area contributed by atoms with E-state index in [1.807, 2.05) is 24.3 Å². The number of thiazole rings is 1. The van der Waals surface area contributed by atoms with Crippen LogP contribution in [0.15, 0.2) is 29.2 Å². The fraction of sp³-hybridized carbons (Fsp3) is 0.312. The number of nitrogens with one attached hydrogen (secondary N) is 1. The van der Waals surface area contributed by atoms with Crippen LogP contribution in [-0.2, 0) is 11.3 Å². The minimum absolute atomic E-state index is 0.0111. The molecule has 0 aliphatic heterocycles. The number of rotatable bonds is 7. The van der Waals surface area contributed by atoms with Gasteiger partial charge in [-0.1, -0.05) is 11.3 Å². The van der Waals surface area contributed by atoms with Crippen LogP contribution in [0.3, 0.4) is 0 Å². The number of ether oxygens (including phenoxy) is 1. The van der Waals surface area contributed by atoms with Crippen molar-refractivity contribution < 1.29 is 9.53 Å². The number of nitrogens with zero attached hydrogens (tertiary/aromatic N) is 5. The van der Waals surface area contributed by atoms with Crippen molar-refractivity contribution in [2.45, 2.75) is 19.6 Å². The second-order valence-electron chi connectivity index (χ2n) is 5.51. The Kier molecular flexibility index (Phi) is 5.86. The molecule has 0 bridgehead atoms. The zero-order valence-electron chi connectivity index (χ0n) is 14.5. The average molecular weight is 390 g/mol. The highest BCUT2D eigenvalue weighted by molar-refractivity contribution is 7.13. The zero-order chi connectivity index (χ0) is 18.5. The summed E-state index contributed by atoms with van der Waals surface area (Å²) in [6.45, 7) is 2.59. The van der Waals surface area contributed by atoms with Gasteiger partial charge in [0.25, 0.3) is 5.91 Å². The quantitative estimate of drug-likeness (QED) is 0.663. The summed E-state index contributed by atoms with van der Waals surface area (Å²) in [6.07, 6.45) is 1.53. The molecule has 1 unspecified atom stereocenters. The Labute approximate surface area is 158 Å². The van der Waals surface area contributed by atoms with Gasteiger partial charge in [0.15, 0.2) is 0 Å². The first-order valence-electron chi connectivity index (χ1n) is 7.78. The molecule has 1 amide bonds. The number of anilines is 2. The predicted molar refractivity (Wildman–Crippen MR) is 102 cm³/mol. The van der Waals surface area contributed by atoms with Crippen molar-refractivity contribution in [2.75, 3.05) is 24.4 Å². The summed E-state index contributed by atoms with van der Waals surface area (Å²) >= 11 is 2.84. The molecule has 26 heavy (non-hydrogen) atoms. The number of methoxy groups -OCH3 is 1. The molecule has 0 spiro atoms. The summed E-state index contributed by atoms with van der Waals surface area (Å²) in [5, 5.41) is 13.6. The molecule has 3 heterocycles. The molecule has 0 aromatic carbocycles. The molecular weight excluding hydrogens is 372 g/mol. The van der Waals surface area contributed by atoms with Crippen LogP contribution in [0, 0.1) is 0 Å². The van der Waals surface area contributed by atoms with Crippen LogP contribution in [0.5, 0.6) is 0 Å². The van der Waals surface area contributed by atoms with E-state index < -0.39 is 0 Å². The lowest BCUT2D eigenvalue weighted by atomic mass is 10.2. The van der Waals surface area contributed by atoms with Crippen LogP contribution < -0.4 is 10.2 Å². The largest absolute Gasteiger partial charge is 0.375 e. The average Bonchev–Trinajstić information content (AvgIpc) is 3.33. The molecule has 0 radical (unpaired) electrons. The predicted octanol–water partition coefficient (Wildman–Crippen LogP) is 2.99. The zero-order valence-corrected chi connectivity index (χ0v) is 16.2. The van der Waals surface area contributed by atoms with Gasteiger partial charge in [-0.05, 0) is 19.1 Å². The third-order valence-electron chi connectivity index (χ3n) is 3.65. The van der Waals surface area contributed by atoms with Gasteiger partial charge in [-0.25, -0.2) is 9.97 Å². The standard InChI is InChI=1S/C16H18N6O2S2/c1-10(24-3)15-19-12(8-25-15)7-22(2)13-5-4-11(6-17-13)14(23)20-16-21-18-9-26-16/h4-6,8-10H,7H2,1-3H3,(H,20,21,23). The maximum absolute atomic E-state index is 12.1. The number of carbonyl (C=O) groups is 1. The Morgan fingerprint density at radius 2 is 2.23 bits per heavy atom. The van der Waals surface area contributed by atoms with Crippen LogP contribution >= 0.6 is 22.7 Å². The second kappa shape index (κ2) is 8.30. The monoisotopic (exact) mass is 390 g/mol. The molecule has 3 aromatic rings. The molecule has 10 heteroatoms.